The van der Waals surface area contributed by atoms with Gasteiger partial charge in [0.25, 0.3) is 0 Å². The minimum atomic E-state index is -4.73. The number of hydrogen-bond acceptors (Lipinski definition) is 1. The minimum Gasteiger partial charge on any atom is -0.406 e. The van der Waals surface area contributed by atoms with Crippen LogP contribution < -0.4 is 4.74 Å². The summed E-state index contributed by atoms with van der Waals surface area (Å²) in [6.45, 7) is 0. The van der Waals surface area contributed by atoms with E-state index in [9.17, 15) is 13.2 Å². The lowest BCUT2D eigenvalue weighted by Gasteiger charge is -2.20. The van der Waals surface area contributed by atoms with Gasteiger partial charge in [-0.15, -0.1) is 13.2 Å². The Hall–Kier alpha value is -5.09. The van der Waals surface area contributed by atoms with Gasteiger partial charge in [-0.05, 0) is 88.2 Å². The van der Waals surface area contributed by atoms with E-state index in [0.717, 1.165) is 43.8 Å². The number of fused-ring (bicyclic) bond motifs is 2. The summed E-state index contributed by atoms with van der Waals surface area (Å²) in [6, 6.07) is 42.4. The molecule has 0 aliphatic rings. The average Bonchev–Trinajstić information content (AvgIpc) is 2.98. The Labute approximate surface area is 233 Å². The van der Waals surface area contributed by atoms with Crippen molar-refractivity contribution in [1.82, 2.24) is 0 Å². The van der Waals surface area contributed by atoms with E-state index in [1.165, 1.54) is 44.5 Å². The first-order valence-corrected chi connectivity index (χ1v) is 13.4. The molecule has 0 aliphatic heterocycles. The van der Waals surface area contributed by atoms with Gasteiger partial charge in [-0.1, -0.05) is 115 Å². The lowest BCUT2D eigenvalue weighted by Crippen LogP contribution is -2.16. The van der Waals surface area contributed by atoms with E-state index in [-0.39, 0.29) is 5.75 Å². The Morgan fingerprint density at radius 3 is 1.51 bits per heavy atom. The van der Waals surface area contributed by atoms with Gasteiger partial charge >= 0.3 is 6.36 Å². The molecule has 8 aromatic carbocycles. The maximum atomic E-state index is 12.8. The minimum absolute atomic E-state index is 0.236. The van der Waals surface area contributed by atoms with Crippen molar-refractivity contribution in [3.05, 3.63) is 127 Å². The first-order valence-electron chi connectivity index (χ1n) is 13.4. The molecule has 41 heavy (non-hydrogen) atoms. The molecule has 0 heterocycles. The molecule has 0 unspecified atom stereocenters. The maximum absolute atomic E-state index is 12.8. The fraction of sp³-hybridized carbons (Fsp3) is 0.0270. The molecule has 4 heteroatoms. The normalized spacial score (nSPS) is 12.3. The first-order chi connectivity index (χ1) is 20.0. The van der Waals surface area contributed by atoms with Crippen LogP contribution in [0.15, 0.2) is 127 Å². The highest BCUT2D eigenvalue weighted by Gasteiger charge is 2.31. The van der Waals surface area contributed by atoms with Crippen molar-refractivity contribution in [3.63, 3.8) is 0 Å². The quantitative estimate of drug-likeness (QED) is 0.161. The van der Waals surface area contributed by atoms with Crippen LogP contribution in [0.2, 0.25) is 0 Å². The van der Waals surface area contributed by atoms with Crippen LogP contribution in [0.25, 0.3) is 76.1 Å². The topological polar surface area (TPSA) is 9.23 Å². The molecular formula is C37H21F3O. The summed E-state index contributed by atoms with van der Waals surface area (Å²) in [5.74, 6) is -0.236. The highest BCUT2D eigenvalue weighted by atomic mass is 19.4. The molecule has 0 saturated carbocycles. The SMILES string of the molecule is FC(F)(F)Oc1ccc(-c2c3ccccc3c(-c3ccc4ccc5cccc6ccc3c4c56)c3ccccc23)cc1. The lowest BCUT2D eigenvalue weighted by atomic mass is 9.83. The molecule has 0 spiro atoms. The molecular weight excluding hydrogens is 517 g/mol. The van der Waals surface area contributed by atoms with Crippen LogP contribution in [0.3, 0.4) is 0 Å². The van der Waals surface area contributed by atoms with Gasteiger partial charge in [0.15, 0.2) is 0 Å². The van der Waals surface area contributed by atoms with Crippen LogP contribution in [0.1, 0.15) is 0 Å². The van der Waals surface area contributed by atoms with E-state index in [1.54, 1.807) is 12.1 Å². The van der Waals surface area contributed by atoms with Crippen molar-refractivity contribution in [1.29, 1.82) is 0 Å². The summed E-state index contributed by atoms with van der Waals surface area (Å²) in [7, 11) is 0. The van der Waals surface area contributed by atoms with Crippen molar-refractivity contribution in [2.45, 2.75) is 6.36 Å². The molecule has 8 aromatic rings. The van der Waals surface area contributed by atoms with Crippen molar-refractivity contribution < 1.29 is 17.9 Å². The van der Waals surface area contributed by atoms with Crippen molar-refractivity contribution in [2.24, 2.45) is 0 Å². The Morgan fingerprint density at radius 2 is 0.927 bits per heavy atom. The summed E-state index contributed by atoms with van der Waals surface area (Å²) in [5.41, 5.74) is 4.11. The summed E-state index contributed by atoms with van der Waals surface area (Å²) < 4.78 is 42.6. The molecule has 1 nitrogen and oxygen atoms in total. The van der Waals surface area contributed by atoms with Gasteiger partial charge in [0.05, 0.1) is 0 Å². The molecule has 0 saturated heterocycles. The van der Waals surface area contributed by atoms with E-state index in [2.05, 4.69) is 83.6 Å². The molecule has 0 radical (unpaired) electrons. The van der Waals surface area contributed by atoms with Crippen LogP contribution in [-0.2, 0) is 0 Å². The van der Waals surface area contributed by atoms with Gasteiger partial charge in [0.1, 0.15) is 5.75 Å². The van der Waals surface area contributed by atoms with E-state index in [1.807, 2.05) is 24.3 Å². The Morgan fingerprint density at radius 1 is 0.415 bits per heavy atom. The van der Waals surface area contributed by atoms with Crippen LogP contribution in [-0.4, -0.2) is 6.36 Å². The lowest BCUT2D eigenvalue weighted by molar-refractivity contribution is -0.274. The highest BCUT2D eigenvalue weighted by molar-refractivity contribution is 6.29. The molecule has 0 aromatic heterocycles. The van der Waals surface area contributed by atoms with E-state index in [0.29, 0.717) is 0 Å². The van der Waals surface area contributed by atoms with Gasteiger partial charge in [-0.2, -0.15) is 0 Å². The summed E-state index contributed by atoms with van der Waals surface area (Å²) >= 11 is 0. The number of benzene rings is 8. The third kappa shape index (κ3) is 3.71. The molecule has 0 amide bonds. The highest BCUT2D eigenvalue weighted by Crippen LogP contribution is 2.47. The number of halogens is 3. The fourth-order valence-electron chi connectivity index (χ4n) is 6.51. The molecule has 0 N–H and O–H groups in total. The second-order valence-electron chi connectivity index (χ2n) is 10.4. The molecule has 0 atom stereocenters. The van der Waals surface area contributed by atoms with Gasteiger partial charge in [-0.3, -0.25) is 0 Å². The molecule has 8 rings (SSSR count). The largest absolute Gasteiger partial charge is 0.573 e. The molecule has 0 bridgehead atoms. The van der Waals surface area contributed by atoms with E-state index in [4.69, 9.17) is 0 Å². The van der Waals surface area contributed by atoms with Crippen LogP contribution in [0.5, 0.6) is 5.75 Å². The number of ether oxygens (including phenoxy) is 1. The van der Waals surface area contributed by atoms with Crippen molar-refractivity contribution in [3.8, 4) is 28.0 Å². The first kappa shape index (κ1) is 23.8. The van der Waals surface area contributed by atoms with E-state index < -0.39 is 6.36 Å². The monoisotopic (exact) mass is 538 g/mol. The average molecular weight is 539 g/mol. The Bertz CT molecular complexity index is 2190. The van der Waals surface area contributed by atoms with Crippen LogP contribution in [0.4, 0.5) is 13.2 Å². The second-order valence-corrected chi connectivity index (χ2v) is 10.4. The van der Waals surface area contributed by atoms with E-state index >= 15 is 0 Å². The third-order valence-corrected chi connectivity index (χ3v) is 8.11. The summed E-state index contributed by atoms with van der Waals surface area (Å²) in [5, 5.41) is 11.6. The predicted octanol–water partition coefficient (Wildman–Crippen LogP) is 11.1. The smallest absolute Gasteiger partial charge is 0.406 e. The second kappa shape index (κ2) is 8.70. The summed E-state index contributed by atoms with van der Waals surface area (Å²) in [6.07, 6.45) is -4.73. The Kier molecular flexibility index (Phi) is 5.05. The fourth-order valence-corrected chi connectivity index (χ4v) is 6.51. The van der Waals surface area contributed by atoms with Gasteiger partial charge in [0.2, 0.25) is 0 Å². The Balaban J connectivity index is 1.45. The van der Waals surface area contributed by atoms with Gasteiger partial charge in [0, 0.05) is 0 Å². The third-order valence-electron chi connectivity index (χ3n) is 8.11. The van der Waals surface area contributed by atoms with Crippen LogP contribution >= 0.6 is 0 Å². The van der Waals surface area contributed by atoms with Crippen molar-refractivity contribution in [2.75, 3.05) is 0 Å². The predicted molar refractivity (Wildman–Crippen MR) is 163 cm³/mol. The zero-order chi connectivity index (χ0) is 27.7. The van der Waals surface area contributed by atoms with Gasteiger partial charge < -0.3 is 4.74 Å². The number of rotatable bonds is 3. The zero-order valence-electron chi connectivity index (χ0n) is 21.7. The standard InChI is InChI=1S/C37H21F3O/c38-37(39,40)41-26-18-14-24(15-19-26)34-27-8-1-3-10-29(27)36(30-11-4-2-9-28(30)34)32-21-17-25-13-12-22-6-5-7-23-16-20-31(32)35(25)33(22)23/h1-21H. The molecule has 0 aliphatic carbocycles. The van der Waals surface area contributed by atoms with Crippen LogP contribution in [0, 0.1) is 0 Å². The van der Waals surface area contributed by atoms with Crippen molar-refractivity contribution >= 4 is 53.9 Å². The zero-order valence-corrected chi connectivity index (χ0v) is 21.7. The van der Waals surface area contributed by atoms with Gasteiger partial charge in [-0.25, -0.2) is 0 Å². The number of hydrogen-bond donors (Lipinski definition) is 0. The summed E-state index contributed by atoms with van der Waals surface area (Å²) in [4.78, 5) is 0. The number of alkyl halides is 3. The molecule has 196 valence electrons. The molecule has 0 fully saturated rings. The maximum Gasteiger partial charge on any atom is 0.573 e.